The number of ether oxygens (including phenoxy) is 1. The molecule has 0 spiro atoms. The lowest BCUT2D eigenvalue weighted by molar-refractivity contribution is -0.116. The van der Waals surface area contributed by atoms with Gasteiger partial charge in [-0.25, -0.2) is 0 Å². The Balaban J connectivity index is 2.35. The molecule has 0 aromatic heterocycles. The summed E-state index contributed by atoms with van der Waals surface area (Å²) in [7, 11) is 0. The van der Waals surface area contributed by atoms with E-state index < -0.39 is 0 Å². The van der Waals surface area contributed by atoms with Gasteiger partial charge in [-0.05, 0) is 18.2 Å². The average Bonchev–Trinajstić information content (AvgIpc) is 2.36. The van der Waals surface area contributed by atoms with Gasteiger partial charge in [-0.1, -0.05) is 37.0 Å². The molecule has 1 aromatic carbocycles. The predicted octanol–water partition coefficient (Wildman–Crippen LogP) is 3.59. The first kappa shape index (κ1) is 16.7. The van der Waals surface area contributed by atoms with Crippen molar-refractivity contribution in [3.05, 3.63) is 40.1 Å². The molecule has 0 saturated heterocycles. The molecule has 20 heavy (non-hydrogen) atoms. The summed E-state index contributed by atoms with van der Waals surface area (Å²) in [6.07, 6.45) is 1.17. The molecule has 110 valence electrons. The Morgan fingerprint density at radius 1 is 1.45 bits per heavy atom. The molecule has 0 radical (unpaired) electrons. The van der Waals surface area contributed by atoms with Crippen LogP contribution < -0.4 is 10.1 Å². The summed E-state index contributed by atoms with van der Waals surface area (Å²) in [4.78, 5) is 11.4. The fourth-order valence-electron chi connectivity index (χ4n) is 1.28. The van der Waals surface area contributed by atoms with Crippen LogP contribution >= 0.6 is 23.2 Å². The second-order valence-corrected chi connectivity index (χ2v) is 5.28. The van der Waals surface area contributed by atoms with E-state index in [2.05, 4.69) is 5.32 Å². The highest BCUT2D eigenvalue weighted by Crippen LogP contribution is 2.27. The maximum absolute atomic E-state index is 11.4. The lowest BCUT2D eigenvalue weighted by Gasteiger charge is -2.09. The molecule has 0 bridgehead atoms. The summed E-state index contributed by atoms with van der Waals surface area (Å²) in [5, 5.41) is 13.0. The van der Waals surface area contributed by atoms with Crippen LogP contribution in [-0.4, -0.2) is 24.2 Å². The summed E-state index contributed by atoms with van der Waals surface area (Å²) >= 11 is 11.7. The third-order valence-corrected chi connectivity index (χ3v) is 2.95. The Kier molecular flexibility index (Phi) is 6.68. The van der Waals surface area contributed by atoms with Crippen molar-refractivity contribution < 1.29 is 14.6 Å². The third kappa shape index (κ3) is 5.72. The van der Waals surface area contributed by atoms with E-state index in [0.29, 0.717) is 22.3 Å². The van der Waals surface area contributed by atoms with Gasteiger partial charge < -0.3 is 15.2 Å². The third-order valence-electron chi connectivity index (χ3n) is 2.42. The monoisotopic (exact) mass is 317 g/mol. The molecular weight excluding hydrogens is 301 g/mol. The molecule has 0 heterocycles. The number of benzene rings is 1. The summed E-state index contributed by atoms with van der Waals surface area (Å²) in [6.45, 7) is 4.17. The van der Waals surface area contributed by atoms with Gasteiger partial charge in [0.15, 0.2) is 0 Å². The Bertz CT molecular complexity index is 501. The molecule has 0 unspecified atom stereocenters. The minimum Gasteiger partial charge on any atom is -0.512 e. The van der Waals surface area contributed by atoms with Crippen molar-refractivity contribution in [1.82, 2.24) is 5.32 Å². The van der Waals surface area contributed by atoms with Gasteiger partial charge in [-0.15, -0.1) is 0 Å². The molecule has 0 atom stereocenters. The number of hydrogen-bond acceptors (Lipinski definition) is 3. The second-order valence-electron chi connectivity index (χ2n) is 4.44. The molecular formula is C14H17Cl2NO3. The van der Waals surface area contributed by atoms with Gasteiger partial charge in [0.25, 0.3) is 0 Å². The fourth-order valence-corrected chi connectivity index (χ4v) is 1.74. The summed E-state index contributed by atoms with van der Waals surface area (Å²) < 4.78 is 5.41. The van der Waals surface area contributed by atoms with E-state index in [1.54, 1.807) is 32.0 Å². The Morgan fingerprint density at radius 2 is 2.15 bits per heavy atom. The number of carbonyl (C=O) groups is 1. The molecule has 0 aliphatic carbocycles. The minimum atomic E-state index is -0.359. The number of rotatable bonds is 6. The largest absolute Gasteiger partial charge is 0.512 e. The van der Waals surface area contributed by atoms with Gasteiger partial charge in [0.1, 0.15) is 18.1 Å². The van der Waals surface area contributed by atoms with Crippen LogP contribution in [0.15, 0.2) is 30.0 Å². The normalized spacial score (nSPS) is 11.6. The number of aliphatic hydroxyl groups excluding tert-OH is 1. The van der Waals surface area contributed by atoms with E-state index >= 15 is 0 Å². The van der Waals surface area contributed by atoms with Gasteiger partial charge in [-0.3, -0.25) is 4.79 Å². The summed E-state index contributed by atoms with van der Waals surface area (Å²) in [5.41, 5.74) is 0. The fraction of sp³-hybridized carbons (Fsp3) is 0.357. The quantitative estimate of drug-likeness (QED) is 0.479. The highest BCUT2D eigenvalue weighted by molar-refractivity contribution is 6.35. The number of halogens is 2. The Labute approximate surface area is 128 Å². The highest BCUT2D eigenvalue weighted by Gasteiger charge is 2.05. The van der Waals surface area contributed by atoms with E-state index in [0.717, 1.165) is 0 Å². The van der Waals surface area contributed by atoms with Gasteiger partial charge >= 0.3 is 0 Å². The average molecular weight is 318 g/mol. The number of amides is 1. The standard InChI is InChI=1S/C14H17Cl2NO3/c1-9(2)12(18)8-14(19)17-5-6-20-13-4-3-10(15)7-11(13)16/h3-4,7-9,18H,5-6H2,1-2H3,(H,17,19). The van der Waals surface area contributed by atoms with Crippen LogP contribution in [0.25, 0.3) is 0 Å². The van der Waals surface area contributed by atoms with E-state index in [9.17, 15) is 9.90 Å². The van der Waals surface area contributed by atoms with Crippen molar-refractivity contribution in [3.63, 3.8) is 0 Å². The molecule has 0 fully saturated rings. The summed E-state index contributed by atoms with van der Waals surface area (Å²) in [6, 6.07) is 4.92. The lowest BCUT2D eigenvalue weighted by atomic mass is 10.1. The molecule has 1 rings (SSSR count). The first-order valence-electron chi connectivity index (χ1n) is 6.16. The molecule has 2 N–H and O–H groups in total. The van der Waals surface area contributed by atoms with Gasteiger partial charge in [0.05, 0.1) is 11.6 Å². The van der Waals surface area contributed by atoms with Gasteiger partial charge in [0.2, 0.25) is 5.91 Å². The maximum Gasteiger partial charge on any atom is 0.247 e. The zero-order chi connectivity index (χ0) is 15.1. The molecule has 0 saturated carbocycles. The number of allylic oxidation sites excluding steroid dienone is 1. The van der Waals surface area contributed by atoms with Crippen LogP contribution in [0.2, 0.25) is 10.0 Å². The first-order valence-corrected chi connectivity index (χ1v) is 6.92. The number of nitrogens with one attached hydrogen (secondary N) is 1. The van der Waals surface area contributed by atoms with Crippen molar-refractivity contribution >= 4 is 29.1 Å². The van der Waals surface area contributed by atoms with Crippen LogP contribution in [-0.2, 0) is 4.79 Å². The lowest BCUT2D eigenvalue weighted by Crippen LogP contribution is -2.27. The highest BCUT2D eigenvalue weighted by atomic mass is 35.5. The zero-order valence-electron chi connectivity index (χ0n) is 11.3. The maximum atomic E-state index is 11.4. The van der Waals surface area contributed by atoms with Crippen LogP contribution in [0.3, 0.4) is 0 Å². The molecule has 1 amide bonds. The van der Waals surface area contributed by atoms with Crippen LogP contribution in [0.5, 0.6) is 5.75 Å². The van der Waals surface area contributed by atoms with E-state index in [1.165, 1.54) is 6.08 Å². The van der Waals surface area contributed by atoms with E-state index in [4.69, 9.17) is 27.9 Å². The Hall–Kier alpha value is -1.39. The van der Waals surface area contributed by atoms with Crippen molar-refractivity contribution in [2.45, 2.75) is 13.8 Å². The zero-order valence-corrected chi connectivity index (χ0v) is 12.8. The van der Waals surface area contributed by atoms with E-state index in [-0.39, 0.29) is 24.2 Å². The van der Waals surface area contributed by atoms with Crippen molar-refractivity contribution in [2.24, 2.45) is 5.92 Å². The SMILES string of the molecule is CC(C)C(O)=CC(=O)NCCOc1ccc(Cl)cc1Cl. The van der Waals surface area contributed by atoms with Crippen molar-refractivity contribution in [1.29, 1.82) is 0 Å². The van der Waals surface area contributed by atoms with Gasteiger partial charge in [0, 0.05) is 17.0 Å². The van der Waals surface area contributed by atoms with Gasteiger partial charge in [-0.2, -0.15) is 0 Å². The minimum absolute atomic E-state index is 0.0455. The Morgan fingerprint density at radius 3 is 2.75 bits per heavy atom. The van der Waals surface area contributed by atoms with Crippen LogP contribution in [0.1, 0.15) is 13.8 Å². The smallest absolute Gasteiger partial charge is 0.247 e. The van der Waals surface area contributed by atoms with E-state index in [1.807, 2.05) is 0 Å². The number of hydrogen-bond donors (Lipinski definition) is 2. The van der Waals surface area contributed by atoms with Crippen molar-refractivity contribution in [3.8, 4) is 5.75 Å². The topological polar surface area (TPSA) is 58.6 Å². The number of aliphatic hydroxyl groups is 1. The first-order chi connectivity index (χ1) is 9.40. The predicted molar refractivity (Wildman–Crippen MR) is 80.5 cm³/mol. The molecule has 1 aromatic rings. The molecule has 0 aliphatic heterocycles. The second kappa shape index (κ2) is 8.02. The van der Waals surface area contributed by atoms with Crippen LogP contribution in [0.4, 0.5) is 0 Å². The van der Waals surface area contributed by atoms with Crippen LogP contribution in [0, 0.1) is 5.92 Å². The molecule has 6 heteroatoms. The summed E-state index contributed by atoms with van der Waals surface area (Å²) in [5.74, 6) is 0.113. The van der Waals surface area contributed by atoms with Crippen molar-refractivity contribution in [2.75, 3.05) is 13.2 Å². The number of carbonyl (C=O) groups excluding carboxylic acids is 1. The molecule has 0 aliphatic rings. The molecule has 4 nitrogen and oxygen atoms in total.